The van der Waals surface area contributed by atoms with E-state index in [4.69, 9.17) is 4.74 Å². The number of aromatic nitrogens is 4. The van der Waals surface area contributed by atoms with E-state index >= 15 is 0 Å². The van der Waals surface area contributed by atoms with Crippen LogP contribution in [0.2, 0.25) is 0 Å². The van der Waals surface area contributed by atoms with E-state index in [0.29, 0.717) is 22.7 Å². The van der Waals surface area contributed by atoms with Crippen molar-refractivity contribution in [3.05, 3.63) is 71.0 Å². The van der Waals surface area contributed by atoms with Gasteiger partial charge in [0.25, 0.3) is 0 Å². The minimum absolute atomic E-state index is 0.157. The fourth-order valence-corrected chi connectivity index (χ4v) is 4.76. The second kappa shape index (κ2) is 10.8. The predicted octanol–water partition coefficient (Wildman–Crippen LogP) is 5.76. The molecule has 1 amide bonds. The third kappa shape index (κ3) is 5.70. The summed E-state index contributed by atoms with van der Waals surface area (Å²) < 4.78 is 8.16. The van der Waals surface area contributed by atoms with Gasteiger partial charge >= 0.3 is 0 Å². The van der Waals surface area contributed by atoms with Crippen LogP contribution in [0, 0.1) is 0 Å². The molecule has 168 valence electrons. The number of nitrogens with one attached hydrogen (secondary N) is 1. The molecule has 33 heavy (non-hydrogen) atoms. The summed E-state index contributed by atoms with van der Waals surface area (Å²) in [6.45, 7) is 4.36. The average molecular weight is 542 g/mol. The van der Waals surface area contributed by atoms with E-state index in [1.54, 1.807) is 13.2 Å². The summed E-state index contributed by atoms with van der Waals surface area (Å²) in [7, 11) is 1.63. The number of rotatable bonds is 9. The van der Waals surface area contributed by atoms with E-state index in [-0.39, 0.29) is 11.7 Å². The maximum Gasteiger partial charge on any atom is 0.236 e. The van der Waals surface area contributed by atoms with Crippen molar-refractivity contribution in [1.82, 2.24) is 19.7 Å². The number of carbonyl (C=O) groups excluding carboxylic acids is 1. The lowest BCUT2D eigenvalue weighted by Crippen LogP contribution is -2.14. The summed E-state index contributed by atoms with van der Waals surface area (Å²) >= 11 is 6.14. The third-order valence-electron chi connectivity index (χ3n) is 4.60. The summed E-state index contributed by atoms with van der Waals surface area (Å²) in [5, 5.41) is 14.6. The molecule has 1 N–H and O–H groups in total. The normalized spacial score (nSPS) is 10.7. The maximum absolute atomic E-state index is 12.5. The fraction of sp³-hybridized carbons (Fsp3) is 0.130. The summed E-state index contributed by atoms with van der Waals surface area (Å²) in [6.07, 6.45) is 1.78. The Balaban J connectivity index is 1.41. The lowest BCUT2D eigenvalue weighted by Gasteiger charge is -2.08. The minimum Gasteiger partial charge on any atom is -0.497 e. The Kier molecular flexibility index (Phi) is 7.58. The lowest BCUT2D eigenvalue weighted by molar-refractivity contribution is -0.113. The van der Waals surface area contributed by atoms with Crippen LogP contribution in [-0.4, -0.2) is 38.5 Å². The lowest BCUT2D eigenvalue weighted by atomic mass is 10.2. The number of ether oxygens (including phenoxy) is 1. The zero-order chi connectivity index (χ0) is 23.2. The number of nitrogens with zero attached hydrogens (tertiary/aromatic N) is 4. The highest BCUT2D eigenvalue weighted by molar-refractivity contribution is 9.10. The Hall–Kier alpha value is -2.95. The molecular weight excluding hydrogens is 522 g/mol. The van der Waals surface area contributed by atoms with Crippen LogP contribution in [-0.2, 0) is 11.3 Å². The molecule has 0 aliphatic rings. The number of anilines is 1. The first-order valence-corrected chi connectivity index (χ1v) is 12.6. The van der Waals surface area contributed by atoms with Crippen molar-refractivity contribution in [3.8, 4) is 28.4 Å². The van der Waals surface area contributed by atoms with Crippen LogP contribution in [0.25, 0.3) is 22.6 Å². The average Bonchev–Trinajstić information content (AvgIpc) is 3.46. The molecule has 0 aliphatic heterocycles. The Morgan fingerprint density at radius 1 is 1.18 bits per heavy atom. The van der Waals surface area contributed by atoms with E-state index in [0.717, 1.165) is 27.0 Å². The molecular formula is C23H20BrN5O2S2. The highest BCUT2D eigenvalue weighted by Crippen LogP contribution is 2.28. The second-order valence-electron chi connectivity index (χ2n) is 6.82. The summed E-state index contributed by atoms with van der Waals surface area (Å²) in [4.78, 5) is 17.0. The van der Waals surface area contributed by atoms with Crippen molar-refractivity contribution < 1.29 is 9.53 Å². The molecule has 0 fully saturated rings. The summed E-state index contributed by atoms with van der Waals surface area (Å²) in [6, 6.07) is 15.5. The molecule has 0 radical (unpaired) electrons. The van der Waals surface area contributed by atoms with E-state index < -0.39 is 0 Å². The van der Waals surface area contributed by atoms with Crippen molar-refractivity contribution in [2.45, 2.75) is 11.7 Å². The number of allylic oxidation sites excluding steroid dienone is 1. The Morgan fingerprint density at radius 3 is 2.61 bits per heavy atom. The highest BCUT2D eigenvalue weighted by atomic mass is 79.9. The van der Waals surface area contributed by atoms with Crippen molar-refractivity contribution in [1.29, 1.82) is 0 Å². The first-order valence-electron chi connectivity index (χ1n) is 9.90. The number of thioether (sulfide) groups is 1. The number of benzene rings is 2. The fourth-order valence-electron chi connectivity index (χ4n) is 3.01. The van der Waals surface area contributed by atoms with Gasteiger partial charge in [0, 0.05) is 27.5 Å². The number of carbonyl (C=O) groups is 1. The van der Waals surface area contributed by atoms with Crippen LogP contribution in [0.4, 0.5) is 5.13 Å². The van der Waals surface area contributed by atoms with Gasteiger partial charge in [-0.3, -0.25) is 9.36 Å². The minimum atomic E-state index is -0.157. The van der Waals surface area contributed by atoms with Crippen LogP contribution in [0.1, 0.15) is 0 Å². The van der Waals surface area contributed by atoms with Gasteiger partial charge in [-0.1, -0.05) is 45.9 Å². The van der Waals surface area contributed by atoms with E-state index in [9.17, 15) is 4.79 Å². The largest absolute Gasteiger partial charge is 0.497 e. The Bertz CT molecular complexity index is 1250. The zero-order valence-corrected chi connectivity index (χ0v) is 20.9. The molecule has 0 unspecified atom stereocenters. The van der Waals surface area contributed by atoms with Gasteiger partial charge in [0.15, 0.2) is 16.1 Å². The third-order valence-corrected chi connectivity index (χ3v) is 6.85. The zero-order valence-electron chi connectivity index (χ0n) is 17.7. The van der Waals surface area contributed by atoms with Gasteiger partial charge in [-0.25, -0.2) is 4.98 Å². The van der Waals surface area contributed by atoms with Crippen LogP contribution in [0.15, 0.2) is 76.2 Å². The maximum atomic E-state index is 12.5. The van der Waals surface area contributed by atoms with E-state index in [1.165, 1.54) is 23.1 Å². The Morgan fingerprint density at radius 2 is 1.91 bits per heavy atom. The van der Waals surface area contributed by atoms with Gasteiger partial charge in [0.2, 0.25) is 5.91 Å². The topological polar surface area (TPSA) is 81.9 Å². The van der Waals surface area contributed by atoms with Gasteiger partial charge in [-0.05, 0) is 36.4 Å². The molecule has 0 saturated heterocycles. The van der Waals surface area contributed by atoms with Crippen LogP contribution in [0.3, 0.4) is 0 Å². The molecule has 2 aromatic carbocycles. The van der Waals surface area contributed by atoms with Crippen LogP contribution in [0.5, 0.6) is 5.75 Å². The summed E-state index contributed by atoms with van der Waals surface area (Å²) in [5.74, 6) is 1.51. The molecule has 7 nitrogen and oxygen atoms in total. The monoisotopic (exact) mass is 541 g/mol. The van der Waals surface area contributed by atoms with Crippen molar-refractivity contribution in [2.75, 3.05) is 18.2 Å². The molecule has 4 rings (SSSR count). The molecule has 0 spiro atoms. The van der Waals surface area contributed by atoms with Gasteiger partial charge in [-0.2, -0.15) is 0 Å². The van der Waals surface area contributed by atoms with Crippen molar-refractivity contribution in [2.24, 2.45) is 0 Å². The van der Waals surface area contributed by atoms with Crippen molar-refractivity contribution >= 4 is 50.1 Å². The van der Waals surface area contributed by atoms with E-state index in [2.05, 4.69) is 43.0 Å². The van der Waals surface area contributed by atoms with Crippen LogP contribution < -0.4 is 10.1 Å². The molecule has 2 heterocycles. The SMILES string of the molecule is C=CCn1c(SCC(=O)Nc2nc(-c3ccc(Br)cc3)cs2)nnc1-c1ccc(OC)cc1. The first kappa shape index (κ1) is 23.2. The van der Waals surface area contributed by atoms with Gasteiger partial charge < -0.3 is 10.1 Å². The van der Waals surface area contributed by atoms with Crippen LogP contribution >= 0.6 is 39.0 Å². The molecule has 2 aromatic heterocycles. The van der Waals surface area contributed by atoms with Gasteiger partial charge in [0.1, 0.15) is 5.75 Å². The smallest absolute Gasteiger partial charge is 0.236 e. The molecule has 0 aliphatic carbocycles. The summed E-state index contributed by atoms with van der Waals surface area (Å²) in [5.41, 5.74) is 2.72. The number of methoxy groups -OCH3 is 1. The van der Waals surface area contributed by atoms with Crippen molar-refractivity contribution in [3.63, 3.8) is 0 Å². The second-order valence-corrected chi connectivity index (χ2v) is 9.53. The standard InChI is InChI=1S/C23H20BrN5O2S2/c1-3-12-29-21(16-6-10-18(31-2)11-7-16)27-28-23(29)33-14-20(30)26-22-25-19(13-32-22)15-4-8-17(24)9-5-15/h3-11,13H,1,12,14H2,2H3,(H,25,26,30). The number of amides is 1. The predicted molar refractivity (Wildman–Crippen MR) is 137 cm³/mol. The van der Waals surface area contributed by atoms with Gasteiger partial charge in [0.05, 0.1) is 18.6 Å². The number of thiazole rings is 1. The molecule has 10 heteroatoms. The molecule has 4 aromatic rings. The molecule has 0 saturated carbocycles. The molecule has 0 bridgehead atoms. The molecule has 0 atom stereocenters. The number of hydrogen-bond donors (Lipinski definition) is 1. The number of halogens is 1. The number of hydrogen-bond acceptors (Lipinski definition) is 7. The highest BCUT2D eigenvalue weighted by Gasteiger charge is 2.16. The quantitative estimate of drug-likeness (QED) is 0.214. The Labute approximate surface area is 208 Å². The first-order chi connectivity index (χ1) is 16.1. The van der Waals surface area contributed by atoms with Gasteiger partial charge in [-0.15, -0.1) is 28.1 Å². The van der Waals surface area contributed by atoms with E-state index in [1.807, 2.05) is 58.5 Å².